The standard InChI is InChI=1S/C21H27N3O2.HI/c1-3-25-17-10-11-20(26-4-2)19(13-17)24-21(22)23-14-16-12-18(16)15-8-6-5-7-9-15;/h5-11,13,16,18H,3-4,12,14H2,1-2H3,(H3,22,23,24);1H. The molecule has 0 saturated heterocycles. The number of hydrogen-bond acceptors (Lipinski definition) is 3. The summed E-state index contributed by atoms with van der Waals surface area (Å²) in [5, 5.41) is 3.15. The molecule has 1 fully saturated rings. The largest absolute Gasteiger partial charge is 0.494 e. The van der Waals surface area contributed by atoms with Crippen molar-refractivity contribution in [1.82, 2.24) is 0 Å². The lowest BCUT2D eigenvalue weighted by Gasteiger charge is -2.14. The lowest BCUT2D eigenvalue weighted by Crippen LogP contribution is -2.23. The molecule has 2 unspecified atom stereocenters. The molecule has 0 bridgehead atoms. The smallest absolute Gasteiger partial charge is 0.193 e. The average Bonchev–Trinajstić information content (AvgIpc) is 3.43. The van der Waals surface area contributed by atoms with Crippen molar-refractivity contribution in [3.8, 4) is 11.5 Å². The van der Waals surface area contributed by atoms with Crippen molar-refractivity contribution in [1.29, 1.82) is 0 Å². The molecule has 2 aromatic carbocycles. The Balaban J connectivity index is 0.00000261. The third kappa shape index (κ3) is 6.02. The predicted molar refractivity (Wildman–Crippen MR) is 122 cm³/mol. The second-order valence-electron chi connectivity index (χ2n) is 6.39. The normalized spacial score (nSPS) is 18.4. The fourth-order valence-electron chi connectivity index (χ4n) is 3.10. The molecule has 2 atom stereocenters. The lowest BCUT2D eigenvalue weighted by molar-refractivity contribution is 0.332. The quantitative estimate of drug-likeness (QED) is 0.328. The van der Waals surface area contributed by atoms with Gasteiger partial charge in [-0.05, 0) is 49.8 Å². The number of rotatable bonds is 8. The molecule has 3 rings (SSSR count). The van der Waals surface area contributed by atoms with Gasteiger partial charge in [-0.15, -0.1) is 24.0 Å². The van der Waals surface area contributed by atoms with Crippen LogP contribution in [0.1, 0.15) is 31.7 Å². The molecule has 1 saturated carbocycles. The van der Waals surface area contributed by atoms with E-state index in [1.165, 1.54) is 12.0 Å². The number of anilines is 1. The van der Waals surface area contributed by atoms with Gasteiger partial charge in [0.15, 0.2) is 5.96 Å². The summed E-state index contributed by atoms with van der Waals surface area (Å²) in [6, 6.07) is 16.3. The van der Waals surface area contributed by atoms with Gasteiger partial charge in [-0.1, -0.05) is 30.3 Å². The molecule has 0 spiro atoms. The predicted octanol–water partition coefficient (Wildman–Crippen LogP) is 4.63. The van der Waals surface area contributed by atoms with E-state index >= 15 is 0 Å². The Bertz CT molecular complexity index is 752. The molecule has 3 N–H and O–H groups in total. The van der Waals surface area contributed by atoms with Gasteiger partial charge >= 0.3 is 0 Å². The molecule has 1 aliphatic rings. The number of nitrogens with two attached hydrogens (primary N) is 1. The van der Waals surface area contributed by atoms with Crippen LogP contribution in [-0.4, -0.2) is 25.7 Å². The van der Waals surface area contributed by atoms with E-state index in [2.05, 4.69) is 34.6 Å². The van der Waals surface area contributed by atoms with Crippen molar-refractivity contribution < 1.29 is 9.47 Å². The first-order valence-corrected chi connectivity index (χ1v) is 9.22. The molecule has 0 radical (unpaired) electrons. The van der Waals surface area contributed by atoms with Crippen LogP contribution in [0.2, 0.25) is 0 Å². The van der Waals surface area contributed by atoms with Crippen molar-refractivity contribution >= 4 is 35.6 Å². The fourth-order valence-corrected chi connectivity index (χ4v) is 3.10. The summed E-state index contributed by atoms with van der Waals surface area (Å²) in [7, 11) is 0. The summed E-state index contributed by atoms with van der Waals surface area (Å²) in [4.78, 5) is 4.52. The Morgan fingerprint density at radius 3 is 2.56 bits per heavy atom. The topological polar surface area (TPSA) is 68.9 Å². The number of benzene rings is 2. The first-order valence-electron chi connectivity index (χ1n) is 9.22. The van der Waals surface area contributed by atoms with Crippen molar-refractivity contribution in [2.75, 3.05) is 25.1 Å². The van der Waals surface area contributed by atoms with Gasteiger partial charge in [0.2, 0.25) is 0 Å². The minimum atomic E-state index is 0. The molecule has 0 aliphatic heterocycles. The minimum absolute atomic E-state index is 0. The number of ether oxygens (including phenoxy) is 2. The third-order valence-corrected chi connectivity index (χ3v) is 4.47. The number of aliphatic imine (C=N–C) groups is 1. The summed E-state index contributed by atoms with van der Waals surface area (Å²) in [6.45, 7) is 5.83. The molecule has 2 aromatic rings. The molecule has 6 heteroatoms. The van der Waals surface area contributed by atoms with Crippen molar-refractivity contribution in [3.63, 3.8) is 0 Å². The van der Waals surface area contributed by atoms with Crippen molar-refractivity contribution in [2.45, 2.75) is 26.2 Å². The minimum Gasteiger partial charge on any atom is -0.494 e. The van der Waals surface area contributed by atoms with Gasteiger partial charge in [-0.2, -0.15) is 0 Å². The summed E-state index contributed by atoms with van der Waals surface area (Å²) in [5.41, 5.74) is 8.26. The molecular formula is C21H28IN3O2. The zero-order valence-corrected chi connectivity index (χ0v) is 18.2. The third-order valence-electron chi connectivity index (χ3n) is 4.47. The van der Waals surface area contributed by atoms with E-state index in [0.29, 0.717) is 31.0 Å². The van der Waals surface area contributed by atoms with Crippen molar-refractivity contribution in [3.05, 3.63) is 54.1 Å². The van der Waals surface area contributed by atoms with Gasteiger partial charge < -0.3 is 20.5 Å². The maximum atomic E-state index is 6.10. The number of halogens is 1. The fraction of sp³-hybridized carbons (Fsp3) is 0.381. The molecule has 0 heterocycles. The molecule has 1 aliphatic carbocycles. The van der Waals surface area contributed by atoms with E-state index in [-0.39, 0.29) is 24.0 Å². The number of hydrogen-bond donors (Lipinski definition) is 2. The van der Waals surface area contributed by atoms with E-state index in [0.717, 1.165) is 23.7 Å². The molecule has 27 heavy (non-hydrogen) atoms. The zero-order chi connectivity index (χ0) is 18.4. The number of guanidine groups is 1. The Hall–Kier alpha value is -1.96. The first kappa shape index (κ1) is 21.3. The Morgan fingerprint density at radius 2 is 1.85 bits per heavy atom. The van der Waals surface area contributed by atoms with E-state index in [9.17, 15) is 0 Å². The van der Waals surface area contributed by atoms with Gasteiger partial charge in [-0.3, -0.25) is 4.99 Å². The van der Waals surface area contributed by atoms with Crippen LogP contribution in [0.4, 0.5) is 5.69 Å². The van der Waals surface area contributed by atoms with Crippen LogP contribution in [0.25, 0.3) is 0 Å². The van der Waals surface area contributed by atoms with Crippen LogP contribution in [0.15, 0.2) is 53.5 Å². The first-order chi connectivity index (χ1) is 12.7. The lowest BCUT2D eigenvalue weighted by atomic mass is 10.1. The van der Waals surface area contributed by atoms with E-state index in [1.54, 1.807) is 0 Å². The zero-order valence-electron chi connectivity index (χ0n) is 15.9. The van der Waals surface area contributed by atoms with Crippen LogP contribution < -0.4 is 20.5 Å². The Kier molecular flexibility index (Phi) is 8.22. The summed E-state index contributed by atoms with van der Waals surface area (Å²) >= 11 is 0. The van der Waals surface area contributed by atoms with Gasteiger partial charge in [-0.25, -0.2) is 0 Å². The van der Waals surface area contributed by atoms with E-state index in [1.807, 2.05) is 38.1 Å². The van der Waals surface area contributed by atoms with Gasteiger partial charge in [0.25, 0.3) is 0 Å². The molecular weight excluding hydrogens is 453 g/mol. The summed E-state index contributed by atoms with van der Waals surface area (Å²) in [5.74, 6) is 3.09. The van der Waals surface area contributed by atoms with Gasteiger partial charge in [0.05, 0.1) is 18.9 Å². The highest BCUT2D eigenvalue weighted by molar-refractivity contribution is 14.0. The highest BCUT2D eigenvalue weighted by Crippen LogP contribution is 2.47. The molecule has 146 valence electrons. The van der Waals surface area contributed by atoms with Crippen LogP contribution in [0.5, 0.6) is 11.5 Å². The van der Waals surface area contributed by atoms with Crippen molar-refractivity contribution in [2.24, 2.45) is 16.6 Å². The summed E-state index contributed by atoms with van der Waals surface area (Å²) in [6.07, 6.45) is 1.17. The molecule has 0 amide bonds. The van der Waals surface area contributed by atoms with Crippen LogP contribution >= 0.6 is 24.0 Å². The van der Waals surface area contributed by atoms with Crippen LogP contribution in [0, 0.1) is 5.92 Å². The second-order valence-corrected chi connectivity index (χ2v) is 6.39. The van der Waals surface area contributed by atoms with Crippen LogP contribution in [0.3, 0.4) is 0 Å². The molecule has 5 nitrogen and oxygen atoms in total. The highest BCUT2D eigenvalue weighted by Gasteiger charge is 2.37. The SMILES string of the molecule is CCOc1ccc(OCC)c(NC(N)=NCC2CC2c2ccccc2)c1.I. The number of nitrogens with zero attached hydrogens (tertiary/aromatic N) is 1. The summed E-state index contributed by atoms with van der Waals surface area (Å²) < 4.78 is 11.2. The monoisotopic (exact) mass is 481 g/mol. The maximum Gasteiger partial charge on any atom is 0.193 e. The maximum absolute atomic E-state index is 6.10. The van der Waals surface area contributed by atoms with Crippen LogP contribution in [-0.2, 0) is 0 Å². The average molecular weight is 481 g/mol. The van der Waals surface area contributed by atoms with Gasteiger partial charge in [0.1, 0.15) is 11.5 Å². The van der Waals surface area contributed by atoms with E-state index in [4.69, 9.17) is 15.2 Å². The second kappa shape index (κ2) is 10.4. The van der Waals surface area contributed by atoms with Gasteiger partial charge in [0, 0.05) is 12.6 Å². The highest BCUT2D eigenvalue weighted by atomic mass is 127. The molecule has 0 aromatic heterocycles. The Labute approximate surface area is 178 Å². The Morgan fingerprint density at radius 1 is 1.11 bits per heavy atom. The number of nitrogens with one attached hydrogen (secondary N) is 1. The van der Waals surface area contributed by atoms with E-state index < -0.39 is 0 Å².